The number of rotatable bonds is 6. The van der Waals surface area contributed by atoms with Gasteiger partial charge in [0, 0.05) is 19.0 Å². The maximum Gasteiger partial charge on any atom is 0.242 e. The van der Waals surface area contributed by atoms with E-state index in [0.717, 1.165) is 25.8 Å². The van der Waals surface area contributed by atoms with Gasteiger partial charge in [-0.05, 0) is 43.4 Å². The van der Waals surface area contributed by atoms with E-state index in [0.29, 0.717) is 30.2 Å². The number of carbonyl (C=O) groups is 2. The SMILES string of the molecule is CC(C)CCC(=O)NCC(=O)N1CCC(C)CCC1C(C)C. The molecule has 128 valence electrons. The van der Waals surface area contributed by atoms with Gasteiger partial charge in [-0.2, -0.15) is 0 Å². The van der Waals surface area contributed by atoms with Gasteiger partial charge in [0.15, 0.2) is 0 Å². The summed E-state index contributed by atoms with van der Waals surface area (Å²) in [7, 11) is 0. The second kappa shape index (κ2) is 9.16. The predicted octanol–water partition coefficient (Wildman–Crippen LogP) is 3.21. The minimum Gasteiger partial charge on any atom is -0.347 e. The molecule has 1 fully saturated rings. The first-order chi connectivity index (χ1) is 10.3. The molecule has 0 aromatic heterocycles. The molecule has 22 heavy (non-hydrogen) atoms. The quantitative estimate of drug-likeness (QED) is 0.819. The Hall–Kier alpha value is -1.06. The summed E-state index contributed by atoms with van der Waals surface area (Å²) in [5.41, 5.74) is 0. The monoisotopic (exact) mass is 310 g/mol. The Bertz CT molecular complexity index is 366. The molecular formula is C18H34N2O2. The molecule has 0 bridgehead atoms. The Morgan fingerprint density at radius 2 is 1.82 bits per heavy atom. The van der Waals surface area contributed by atoms with Crippen molar-refractivity contribution >= 4 is 11.8 Å². The Labute approximate surface area is 136 Å². The fraction of sp³-hybridized carbons (Fsp3) is 0.889. The average molecular weight is 310 g/mol. The van der Waals surface area contributed by atoms with Crippen LogP contribution in [-0.2, 0) is 9.59 Å². The van der Waals surface area contributed by atoms with Crippen molar-refractivity contribution in [1.29, 1.82) is 0 Å². The van der Waals surface area contributed by atoms with Gasteiger partial charge in [0.2, 0.25) is 11.8 Å². The predicted molar refractivity (Wildman–Crippen MR) is 90.4 cm³/mol. The Kier molecular flexibility index (Phi) is 7.91. The van der Waals surface area contributed by atoms with Gasteiger partial charge in [0.1, 0.15) is 0 Å². The average Bonchev–Trinajstić information content (AvgIpc) is 2.64. The lowest BCUT2D eigenvalue weighted by atomic mass is 9.95. The summed E-state index contributed by atoms with van der Waals surface area (Å²) in [5.74, 6) is 1.72. The van der Waals surface area contributed by atoms with Gasteiger partial charge in [-0.1, -0.05) is 34.6 Å². The third-order valence-corrected chi connectivity index (χ3v) is 4.69. The maximum atomic E-state index is 12.5. The molecule has 0 aliphatic carbocycles. The first-order valence-electron chi connectivity index (χ1n) is 8.87. The van der Waals surface area contributed by atoms with E-state index in [1.54, 1.807) is 0 Å². The summed E-state index contributed by atoms with van der Waals surface area (Å²) in [6.45, 7) is 11.8. The standard InChI is InChI=1S/C18H34N2O2/c1-13(2)6-9-17(21)19-12-18(22)20-11-10-15(5)7-8-16(20)14(3)4/h13-16H,6-12H2,1-5H3,(H,19,21). The maximum absolute atomic E-state index is 12.5. The molecule has 2 amide bonds. The van der Waals surface area contributed by atoms with Crippen molar-refractivity contribution in [2.75, 3.05) is 13.1 Å². The fourth-order valence-electron chi connectivity index (χ4n) is 3.07. The van der Waals surface area contributed by atoms with E-state index < -0.39 is 0 Å². The number of hydrogen-bond donors (Lipinski definition) is 1. The van der Waals surface area contributed by atoms with Crippen molar-refractivity contribution in [3.05, 3.63) is 0 Å². The molecule has 2 unspecified atom stereocenters. The van der Waals surface area contributed by atoms with E-state index in [1.807, 2.05) is 4.90 Å². The van der Waals surface area contributed by atoms with Gasteiger partial charge < -0.3 is 10.2 Å². The lowest BCUT2D eigenvalue weighted by Crippen LogP contribution is -2.47. The number of hydrogen-bond acceptors (Lipinski definition) is 2. The summed E-state index contributed by atoms with van der Waals surface area (Å²) in [5, 5.41) is 2.80. The van der Waals surface area contributed by atoms with Crippen LogP contribution in [0.15, 0.2) is 0 Å². The largest absolute Gasteiger partial charge is 0.347 e. The molecule has 1 rings (SSSR count). The Morgan fingerprint density at radius 1 is 1.14 bits per heavy atom. The van der Waals surface area contributed by atoms with Crippen LogP contribution in [0.2, 0.25) is 0 Å². The Morgan fingerprint density at radius 3 is 2.41 bits per heavy atom. The van der Waals surface area contributed by atoms with E-state index in [-0.39, 0.29) is 18.4 Å². The highest BCUT2D eigenvalue weighted by Gasteiger charge is 2.29. The van der Waals surface area contributed by atoms with Crippen LogP contribution in [0.25, 0.3) is 0 Å². The van der Waals surface area contributed by atoms with E-state index >= 15 is 0 Å². The topological polar surface area (TPSA) is 49.4 Å². The fourth-order valence-corrected chi connectivity index (χ4v) is 3.07. The van der Waals surface area contributed by atoms with Crippen LogP contribution in [0, 0.1) is 17.8 Å². The Balaban J connectivity index is 2.51. The molecular weight excluding hydrogens is 276 g/mol. The molecule has 1 aliphatic heterocycles. The molecule has 1 aliphatic rings. The number of amides is 2. The summed E-state index contributed by atoms with van der Waals surface area (Å²) in [6, 6.07) is 0.310. The molecule has 1 N–H and O–H groups in total. The summed E-state index contributed by atoms with van der Waals surface area (Å²) in [6.07, 6.45) is 4.71. The number of nitrogens with zero attached hydrogens (tertiary/aromatic N) is 1. The van der Waals surface area contributed by atoms with Crippen LogP contribution < -0.4 is 5.32 Å². The normalized spacial score (nSPS) is 22.8. The van der Waals surface area contributed by atoms with Crippen molar-refractivity contribution in [2.45, 2.75) is 72.8 Å². The van der Waals surface area contributed by atoms with Gasteiger partial charge in [-0.3, -0.25) is 9.59 Å². The molecule has 4 nitrogen and oxygen atoms in total. The summed E-state index contributed by atoms with van der Waals surface area (Å²) < 4.78 is 0. The highest BCUT2D eigenvalue weighted by atomic mass is 16.2. The number of likely N-dealkylation sites (tertiary alicyclic amines) is 1. The van der Waals surface area contributed by atoms with Gasteiger partial charge in [0.25, 0.3) is 0 Å². The second-order valence-electron chi connectivity index (χ2n) is 7.58. The molecule has 0 aromatic rings. The zero-order valence-corrected chi connectivity index (χ0v) is 15.0. The van der Waals surface area contributed by atoms with Crippen LogP contribution in [0.1, 0.15) is 66.7 Å². The zero-order chi connectivity index (χ0) is 16.7. The molecule has 2 atom stereocenters. The van der Waals surface area contributed by atoms with E-state index in [9.17, 15) is 9.59 Å². The van der Waals surface area contributed by atoms with Crippen LogP contribution in [-0.4, -0.2) is 35.8 Å². The van der Waals surface area contributed by atoms with Gasteiger partial charge in [-0.15, -0.1) is 0 Å². The molecule has 0 radical (unpaired) electrons. The van der Waals surface area contributed by atoms with Crippen LogP contribution >= 0.6 is 0 Å². The van der Waals surface area contributed by atoms with Crippen LogP contribution in [0.4, 0.5) is 0 Å². The van der Waals surface area contributed by atoms with Crippen molar-refractivity contribution in [2.24, 2.45) is 17.8 Å². The van der Waals surface area contributed by atoms with Crippen molar-refractivity contribution in [3.8, 4) is 0 Å². The molecule has 0 saturated carbocycles. The first-order valence-corrected chi connectivity index (χ1v) is 8.87. The van der Waals surface area contributed by atoms with Crippen molar-refractivity contribution in [1.82, 2.24) is 10.2 Å². The molecule has 1 heterocycles. The lowest BCUT2D eigenvalue weighted by Gasteiger charge is -2.33. The van der Waals surface area contributed by atoms with E-state index in [4.69, 9.17) is 0 Å². The van der Waals surface area contributed by atoms with E-state index in [2.05, 4.69) is 39.9 Å². The minimum absolute atomic E-state index is 0.00802. The van der Waals surface area contributed by atoms with Gasteiger partial charge >= 0.3 is 0 Å². The summed E-state index contributed by atoms with van der Waals surface area (Å²) in [4.78, 5) is 26.3. The first kappa shape index (κ1) is 19.0. The third kappa shape index (κ3) is 6.37. The zero-order valence-electron chi connectivity index (χ0n) is 15.0. The molecule has 0 aromatic carbocycles. The van der Waals surface area contributed by atoms with Crippen LogP contribution in [0.3, 0.4) is 0 Å². The van der Waals surface area contributed by atoms with Crippen molar-refractivity contribution < 1.29 is 9.59 Å². The second-order valence-corrected chi connectivity index (χ2v) is 7.58. The number of carbonyl (C=O) groups excluding carboxylic acids is 2. The molecule has 4 heteroatoms. The highest BCUT2D eigenvalue weighted by molar-refractivity contribution is 5.84. The third-order valence-electron chi connectivity index (χ3n) is 4.69. The van der Waals surface area contributed by atoms with E-state index in [1.165, 1.54) is 6.42 Å². The number of nitrogens with one attached hydrogen (secondary N) is 1. The van der Waals surface area contributed by atoms with Gasteiger partial charge in [0.05, 0.1) is 6.54 Å². The smallest absolute Gasteiger partial charge is 0.242 e. The van der Waals surface area contributed by atoms with Crippen LogP contribution in [0.5, 0.6) is 0 Å². The van der Waals surface area contributed by atoms with Gasteiger partial charge in [-0.25, -0.2) is 0 Å². The van der Waals surface area contributed by atoms with Crippen molar-refractivity contribution in [3.63, 3.8) is 0 Å². The molecule has 0 spiro atoms. The lowest BCUT2D eigenvalue weighted by molar-refractivity contribution is -0.135. The minimum atomic E-state index is -0.00802. The highest BCUT2D eigenvalue weighted by Crippen LogP contribution is 2.25. The summed E-state index contributed by atoms with van der Waals surface area (Å²) >= 11 is 0. The molecule has 1 saturated heterocycles.